The maximum atomic E-state index is 10.8. The number of Topliss-reactive ketones (excluding diaryl/α,β-unsaturated/α-hetero) is 1. The van der Waals surface area contributed by atoms with E-state index in [1.165, 1.54) is 6.92 Å². The van der Waals surface area contributed by atoms with Crippen molar-refractivity contribution in [1.29, 1.82) is 0 Å². The van der Waals surface area contributed by atoms with Gasteiger partial charge in [0.2, 0.25) is 0 Å². The molecule has 1 rings (SSSR count). The molecule has 2 heteroatoms. The molecule has 0 heterocycles. The van der Waals surface area contributed by atoms with E-state index in [2.05, 4.69) is 0 Å². The fraction of sp³-hybridized carbons (Fsp3) is 0.417. The molecule has 0 fully saturated rings. The van der Waals surface area contributed by atoms with Crippen LogP contribution in [-0.4, -0.2) is 17.0 Å². The van der Waals surface area contributed by atoms with E-state index in [1.807, 2.05) is 37.3 Å². The molecule has 1 aromatic carbocycles. The van der Waals surface area contributed by atoms with Gasteiger partial charge in [0.25, 0.3) is 0 Å². The molecule has 1 unspecified atom stereocenters. The lowest BCUT2D eigenvalue weighted by Gasteiger charge is -2.17. The van der Waals surface area contributed by atoms with E-state index in [-0.39, 0.29) is 18.1 Å². The Kier molecular flexibility index (Phi) is 3.84. The van der Waals surface area contributed by atoms with Crippen LogP contribution in [0, 0.1) is 0 Å². The van der Waals surface area contributed by atoms with Gasteiger partial charge in [0.1, 0.15) is 5.78 Å². The summed E-state index contributed by atoms with van der Waals surface area (Å²) in [7, 11) is 0. The molecule has 0 spiro atoms. The van der Waals surface area contributed by atoms with Crippen LogP contribution in [0.25, 0.3) is 0 Å². The number of hydrogen-bond donors (Lipinski definition) is 1. The largest absolute Gasteiger partial charge is 0.392 e. The van der Waals surface area contributed by atoms with Crippen LogP contribution in [0.2, 0.25) is 0 Å². The highest BCUT2D eigenvalue weighted by atomic mass is 16.3. The second kappa shape index (κ2) is 4.91. The normalized spacial score (nSPS) is 14.8. The van der Waals surface area contributed by atoms with Crippen molar-refractivity contribution in [2.24, 2.45) is 0 Å². The number of ketones is 1. The van der Waals surface area contributed by atoms with Crippen LogP contribution in [0.1, 0.15) is 31.7 Å². The first-order valence-corrected chi connectivity index (χ1v) is 4.83. The Bertz CT molecular complexity index is 292. The molecule has 1 aromatic rings. The Hall–Kier alpha value is -1.15. The van der Waals surface area contributed by atoms with Crippen molar-refractivity contribution in [3.8, 4) is 0 Å². The highest BCUT2D eigenvalue weighted by molar-refractivity contribution is 5.76. The quantitative estimate of drug-likeness (QED) is 0.793. The van der Waals surface area contributed by atoms with Crippen LogP contribution in [0.3, 0.4) is 0 Å². The topological polar surface area (TPSA) is 37.3 Å². The standard InChI is InChI=1S/C12H16O2/c1-9(13)8-12(14)10(2)11-6-4-3-5-7-11/h3-7,10,12,14H,8H2,1-2H3/t10?,12-/m1/s1. The maximum absolute atomic E-state index is 10.8. The van der Waals surface area contributed by atoms with Gasteiger partial charge in [-0.2, -0.15) is 0 Å². The van der Waals surface area contributed by atoms with Crippen LogP contribution in [-0.2, 0) is 4.79 Å². The van der Waals surface area contributed by atoms with E-state index in [9.17, 15) is 9.90 Å². The molecule has 0 saturated heterocycles. The molecule has 1 N–H and O–H groups in total. The number of aliphatic hydroxyl groups is 1. The summed E-state index contributed by atoms with van der Waals surface area (Å²) in [5.74, 6) is 0.0420. The summed E-state index contributed by atoms with van der Waals surface area (Å²) >= 11 is 0. The predicted molar refractivity (Wildman–Crippen MR) is 56.2 cm³/mol. The predicted octanol–water partition coefficient (Wildman–Crippen LogP) is 2.13. The van der Waals surface area contributed by atoms with E-state index in [4.69, 9.17) is 0 Å². The zero-order chi connectivity index (χ0) is 10.6. The average Bonchev–Trinajstić information content (AvgIpc) is 2.17. The smallest absolute Gasteiger partial charge is 0.132 e. The van der Waals surface area contributed by atoms with Gasteiger partial charge in [-0.15, -0.1) is 0 Å². The Morgan fingerprint density at radius 2 is 1.93 bits per heavy atom. The zero-order valence-electron chi connectivity index (χ0n) is 8.60. The Balaban J connectivity index is 2.65. The molecule has 0 aromatic heterocycles. The summed E-state index contributed by atoms with van der Waals surface area (Å²) in [6.07, 6.45) is -0.342. The van der Waals surface area contributed by atoms with Gasteiger partial charge >= 0.3 is 0 Å². The third-order valence-corrected chi connectivity index (χ3v) is 2.40. The molecule has 0 aliphatic carbocycles. The molecule has 0 amide bonds. The van der Waals surface area contributed by atoms with Crippen LogP contribution >= 0.6 is 0 Å². The van der Waals surface area contributed by atoms with E-state index >= 15 is 0 Å². The molecule has 0 radical (unpaired) electrons. The molecule has 14 heavy (non-hydrogen) atoms. The van der Waals surface area contributed by atoms with Gasteiger partial charge in [-0.1, -0.05) is 37.3 Å². The molecule has 0 saturated carbocycles. The van der Waals surface area contributed by atoms with Gasteiger partial charge in [0.15, 0.2) is 0 Å². The maximum Gasteiger partial charge on any atom is 0.132 e. The van der Waals surface area contributed by atoms with E-state index in [0.717, 1.165) is 5.56 Å². The van der Waals surface area contributed by atoms with Crippen molar-refractivity contribution >= 4 is 5.78 Å². The first kappa shape index (κ1) is 10.9. The third kappa shape index (κ3) is 2.96. The van der Waals surface area contributed by atoms with Crippen molar-refractivity contribution in [3.05, 3.63) is 35.9 Å². The molecule has 2 atom stereocenters. The van der Waals surface area contributed by atoms with Crippen molar-refractivity contribution in [1.82, 2.24) is 0 Å². The Morgan fingerprint density at radius 3 is 2.43 bits per heavy atom. The number of hydrogen-bond acceptors (Lipinski definition) is 2. The van der Waals surface area contributed by atoms with E-state index in [1.54, 1.807) is 0 Å². The van der Waals surface area contributed by atoms with Crippen LogP contribution in [0.4, 0.5) is 0 Å². The van der Waals surface area contributed by atoms with Gasteiger partial charge < -0.3 is 5.11 Å². The fourth-order valence-electron chi connectivity index (χ4n) is 1.45. The van der Waals surface area contributed by atoms with Crippen LogP contribution in [0.5, 0.6) is 0 Å². The second-order valence-corrected chi connectivity index (χ2v) is 3.67. The van der Waals surface area contributed by atoms with E-state index < -0.39 is 6.10 Å². The number of aliphatic hydroxyl groups excluding tert-OH is 1. The minimum atomic E-state index is -0.574. The minimum absolute atomic E-state index is 0.0140. The second-order valence-electron chi connectivity index (χ2n) is 3.67. The minimum Gasteiger partial charge on any atom is -0.392 e. The molecule has 0 aliphatic heterocycles. The van der Waals surface area contributed by atoms with Crippen LogP contribution < -0.4 is 0 Å². The fourth-order valence-corrected chi connectivity index (χ4v) is 1.45. The SMILES string of the molecule is CC(=O)C[C@@H](O)C(C)c1ccccc1. The van der Waals surface area contributed by atoms with Gasteiger partial charge in [0, 0.05) is 12.3 Å². The summed E-state index contributed by atoms with van der Waals surface area (Å²) in [6, 6.07) is 9.74. The molecular formula is C12H16O2. The van der Waals surface area contributed by atoms with Crippen molar-refractivity contribution < 1.29 is 9.90 Å². The summed E-state index contributed by atoms with van der Waals surface area (Å²) in [4.78, 5) is 10.8. The van der Waals surface area contributed by atoms with E-state index in [0.29, 0.717) is 0 Å². The summed E-state index contributed by atoms with van der Waals surface area (Å²) < 4.78 is 0. The molecule has 0 bridgehead atoms. The number of carbonyl (C=O) groups is 1. The number of benzene rings is 1. The number of rotatable bonds is 4. The Morgan fingerprint density at radius 1 is 1.36 bits per heavy atom. The van der Waals surface area contributed by atoms with Gasteiger partial charge in [0.05, 0.1) is 6.10 Å². The van der Waals surface area contributed by atoms with Crippen molar-refractivity contribution in [3.63, 3.8) is 0 Å². The summed E-state index contributed by atoms with van der Waals surface area (Å²) in [6.45, 7) is 3.43. The lowest BCUT2D eigenvalue weighted by molar-refractivity contribution is -0.119. The van der Waals surface area contributed by atoms with Crippen molar-refractivity contribution in [2.45, 2.75) is 32.3 Å². The summed E-state index contributed by atoms with van der Waals surface area (Å²) in [5.41, 5.74) is 1.07. The third-order valence-electron chi connectivity index (χ3n) is 2.40. The molecule has 76 valence electrons. The van der Waals surface area contributed by atoms with Crippen molar-refractivity contribution in [2.75, 3.05) is 0 Å². The lowest BCUT2D eigenvalue weighted by Crippen LogP contribution is -2.18. The van der Waals surface area contributed by atoms with Gasteiger partial charge in [-0.05, 0) is 12.5 Å². The van der Waals surface area contributed by atoms with Crippen LogP contribution in [0.15, 0.2) is 30.3 Å². The first-order valence-electron chi connectivity index (χ1n) is 4.83. The summed E-state index contributed by atoms with van der Waals surface area (Å²) in [5, 5.41) is 9.72. The zero-order valence-corrected chi connectivity index (χ0v) is 8.60. The highest BCUT2D eigenvalue weighted by Gasteiger charge is 2.17. The number of carbonyl (C=O) groups excluding carboxylic acids is 1. The lowest BCUT2D eigenvalue weighted by atomic mass is 9.93. The first-order chi connectivity index (χ1) is 6.61. The van der Waals surface area contributed by atoms with Gasteiger partial charge in [-0.25, -0.2) is 0 Å². The Labute approximate surface area is 84.6 Å². The molecule has 0 aliphatic rings. The molecular weight excluding hydrogens is 176 g/mol. The van der Waals surface area contributed by atoms with Gasteiger partial charge in [-0.3, -0.25) is 4.79 Å². The monoisotopic (exact) mass is 192 g/mol. The molecule has 2 nitrogen and oxygen atoms in total. The average molecular weight is 192 g/mol. The highest BCUT2D eigenvalue weighted by Crippen LogP contribution is 2.20.